The SMILES string of the molecule is COC(=O)C(Nc1nc(Nc2cnn(C)c2)ncc1Cl)c1ccccc1. The van der Waals surface area contributed by atoms with Gasteiger partial charge < -0.3 is 15.4 Å². The summed E-state index contributed by atoms with van der Waals surface area (Å²) in [7, 11) is 3.14. The lowest BCUT2D eigenvalue weighted by Gasteiger charge is -2.18. The predicted octanol–water partition coefficient (Wildman–Crippen LogP) is 2.93. The smallest absolute Gasteiger partial charge is 0.333 e. The van der Waals surface area contributed by atoms with Gasteiger partial charge in [0.2, 0.25) is 5.95 Å². The van der Waals surface area contributed by atoms with E-state index in [1.807, 2.05) is 37.4 Å². The van der Waals surface area contributed by atoms with Crippen molar-refractivity contribution in [3.8, 4) is 0 Å². The lowest BCUT2D eigenvalue weighted by atomic mass is 10.1. The van der Waals surface area contributed by atoms with Crippen molar-refractivity contribution in [2.45, 2.75) is 6.04 Å². The number of esters is 1. The fraction of sp³-hybridized carbons (Fsp3) is 0.176. The fourth-order valence-electron chi connectivity index (χ4n) is 2.32. The number of benzene rings is 1. The summed E-state index contributed by atoms with van der Waals surface area (Å²) in [6.45, 7) is 0. The molecule has 0 saturated carbocycles. The van der Waals surface area contributed by atoms with Gasteiger partial charge in [0, 0.05) is 13.2 Å². The Bertz CT molecular complexity index is 899. The minimum Gasteiger partial charge on any atom is -0.467 e. The van der Waals surface area contributed by atoms with Crippen molar-refractivity contribution in [1.82, 2.24) is 19.7 Å². The summed E-state index contributed by atoms with van der Waals surface area (Å²) in [4.78, 5) is 20.7. The number of carbonyl (C=O) groups is 1. The van der Waals surface area contributed by atoms with Gasteiger partial charge in [-0.2, -0.15) is 10.1 Å². The molecule has 0 spiro atoms. The van der Waals surface area contributed by atoms with E-state index in [2.05, 4.69) is 25.7 Å². The van der Waals surface area contributed by atoms with Crippen LogP contribution < -0.4 is 10.6 Å². The van der Waals surface area contributed by atoms with Gasteiger partial charge in [-0.25, -0.2) is 9.78 Å². The van der Waals surface area contributed by atoms with Crippen molar-refractivity contribution < 1.29 is 9.53 Å². The summed E-state index contributed by atoms with van der Waals surface area (Å²) >= 11 is 6.20. The molecular formula is C17H17ClN6O2. The van der Waals surface area contributed by atoms with Gasteiger partial charge in [0.25, 0.3) is 0 Å². The molecule has 0 radical (unpaired) electrons. The van der Waals surface area contributed by atoms with Crippen molar-refractivity contribution >= 4 is 35.0 Å². The molecule has 0 aliphatic carbocycles. The molecule has 9 heteroatoms. The summed E-state index contributed by atoms with van der Waals surface area (Å²) in [6.07, 6.45) is 4.88. The number of methoxy groups -OCH3 is 1. The lowest BCUT2D eigenvalue weighted by molar-refractivity contribution is -0.141. The summed E-state index contributed by atoms with van der Waals surface area (Å²) in [5.41, 5.74) is 1.46. The van der Waals surface area contributed by atoms with Gasteiger partial charge in [-0.1, -0.05) is 41.9 Å². The van der Waals surface area contributed by atoms with Crippen LogP contribution in [0.2, 0.25) is 5.02 Å². The first kappa shape index (κ1) is 17.7. The molecule has 1 unspecified atom stereocenters. The van der Waals surface area contributed by atoms with Crippen molar-refractivity contribution in [2.24, 2.45) is 7.05 Å². The van der Waals surface area contributed by atoms with Crippen LogP contribution in [-0.2, 0) is 16.6 Å². The van der Waals surface area contributed by atoms with Crippen LogP contribution in [0.15, 0.2) is 48.9 Å². The van der Waals surface area contributed by atoms with Crippen LogP contribution in [0.1, 0.15) is 11.6 Å². The minimum absolute atomic E-state index is 0.284. The molecule has 0 saturated heterocycles. The molecule has 0 amide bonds. The molecule has 0 bridgehead atoms. The fourth-order valence-corrected chi connectivity index (χ4v) is 2.47. The zero-order valence-corrected chi connectivity index (χ0v) is 14.9. The molecule has 3 rings (SSSR count). The highest BCUT2D eigenvalue weighted by Gasteiger charge is 2.23. The van der Waals surface area contributed by atoms with Gasteiger partial charge in [-0.3, -0.25) is 4.68 Å². The topological polar surface area (TPSA) is 94.0 Å². The Kier molecular flexibility index (Phi) is 5.33. The number of ether oxygens (including phenoxy) is 1. The number of anilines is 3. The van der Waals surface area contributed by atoms with E-state index in [1.165, 1.54) is 13.3 Å². The molecule has 3 aromatic rings. The summed E-state index contributed by atoms with van der Waals surface area (Å²) in [5, 5.41) is 10.4. The van der Waals surface area contributed by atoms with E-state index in [0.29, 0.717) is 11.8 Å². The van der Waals surface area contributed by atoms with E-state index in [9.17, 15) is 4.79 Å². The number of nitrogens with one attached hydrogen (secondary N) is 2. The number of hydrogen-bond acceptors (Lipinski definition) is 7. The van der Waals surface area contributed by atoms with E-state index >= 15 is 0 Å². The third kappa shape index (κ3) is 4.09. The van der Waals surface area contributed by atoms with Gasteiger partial charge >= 0.3 is 5.97 Å². The Morgan fingerprint density at radius 2 is 2.04 bits per heavy atom. The van der Waals surface area contributed by atoms with Crippen molar-refractivity contribution in [3.05, 3.63) is 59.5 Å². The number of aromatic nitrogens is 4. The van der Waals surface area contributed by atoms with Crippen molar-refractivity contribution in [3.63, 3.8) is 0 Å². The molecule has 0 fully saturated rings. The molecule has 0 aliphatic rings. The van der Waals surface area contributed by atoms with Crippen LogP contribution >= 0.6 is 11.6 Å². The molecule has 134 valence electrons. The first-order valence-corrected chi connectivity index (χ1v) is 8.12. The number of halogens is 1. The molecule has 8 nitrogen and oxygen atoms in total. The molecule has 1 aromatic carbocycles. The Labute approximate surface area is 155 Å². The highest BCUT2D eigenvalue weighted by atomic mass is 35.5. The summed E-state index contributed by atoms with van der Waals surface area (Å²) < 4.78 is 6.55. The second kappa shape index (κ2) is 7.83. The van der Waals surface area contributed by atoms with E-state index in [4.69, 9.17) is 16.3 Å². The Balaban J connectivity index is 1.86. The third-order valence-electron chi connectivity index (χ3n) is 3.56. The number of carbonyl (C=O) groups excluding carboxylic acids is 1. The normalized spacial score (nSPS) is 11.7. The monoisotopic (exact) mass is 372 g/mol. The van der Waals surface area contributed by atoms with Gasteiger partial charge in [0.05, 0.1) is 25.2 Å². The van der Waals surface area contributed by atoms with E-state index in [1.54, 1.807) is 17.1 Å². The molecular weight excluding hydrogens is 356 g/mol. The largest absolute Gasteiger partial charge is 0.467 e. The Hall–Kier alpha value is -3.13. The highest BCUT2D eigenvalue weighted by molar-refractivity contribution is 6.32. The van der Waals surface area contributed by atoms with Gasteiger partial charge in [0.1, 0.15) is 5.02 Å². The number of hydrogen-bond donors (Lipinski definition) is 2. The first-order valence-electron chi connectivity index (χ1n) is 7.74. The average Bonchev–Trinajstić information content (AvgIpc) is 3.07. The Morgan fingerprint density at radius 3 is 2.69 bits per heavy atom. The maximum absolute atomic E-state index is 12.2. The van der Waals surface area contributed by atoms with Crippen LogP contribution in [-0.4, -0.2) is 32.8 Å². The predicted molar refractivity (Wildman–Crippen MR) is 98.4 cm³/mol. The Morgan fingerprint density at radius 1 is 1.27 bits per heavy atom. The first-order chi connectivity index (χ1) is 12.6. The molecule has 2 aromatic heterocycles. The van der Waals surface area contributed by atoms with Crippen LogP contribution in [0.4, 0.5) is 17.5 Å². The van der Waals surface area contributed by atoms with Crippen LogP contribution in [0.5, 0.6) is 0 Å². The van der Waals surface area contributed by atoms with Crippen molar-refractivity contribution in [1.29, 1.82) is 0 Å². The molecule has 1 atom stereocenters. The maximum Gasteiger partial charge on any atom is 0.333 e. The van der Waals surface area contributed by atoms with Crippen molar-refractivity contribution in [2.75, 3.05) is 17.7 Å². The van der Waals surface area contributed by atoms with E-state index < -0.39 is 12.0 Å². The number of aryl methyl sites for hydroxylation is 1. The quantitative estimate of drug-likeness (QED) is 0.642. The lowest BCUT2D eigenvalue weighted by Crippen LogP contribution is -2.23. The summed E-state index contributed by atoms with van der Waals surface area (Å²) in [5.74, 6) is 0.182. The van der Waals surface area contributed by atoms with E-state index in [-0.39, 0.29) is 5.02 Å². The number of nitrogens with zero attached hydrogens (tertiary/aromatic N) is 4. The zero-order chi connectivity index (χ0) is 18.5. The van der Waals surface area contributed by atoms with Crippen LogP contribution in [0, 0.1) is 0 Å². The molecule has 26 heavy (non-hydrogen) atoms. The second-order valence-corrected chi connectivity index (χ2v) is 5.84. The molecule has 0 aliphatic heterocycles. The van der Waals surface area contributed by atoms with Gasteiger partial charge in [-0.15, -0.1) is 0 Å². The zero-order valence-electron chi connectivity index (χ0n) is 14.2. The highest BCUT2D eigenvalue weighted by Crippen LogP contribution is 2.26. The average molecular weight is 373 g/mol. The van der Waals surface area contributed by atoms with E-state index in [0.717, 1.165) is 11.3 Å². The third-order valence-corrected chi connectivity index (χ3v) is 3.83. The minimum atomic E-state index is -0.750. The van der Waals surface area contributed by atoms with Gasteiger partial charge in [0.15, 0.2) is 11.9 Å². The molecule has 2 heterocycles. The second-order valence-electron chi connectivity index (χ2n) is 5.43. The molecule has 2 N–H and O–H groups in total. The number of rotatable bonds is 6. The summed E-state index contributed by atoms with van der Waals surface area (Å²) in [6, 6.07) is 8.43. The van der Waals surface area contributed by atoms with Crippen LogP contribution in [0.3, 0.4) is 0 Å². The maximum atomic E-state index is 12.2. The van der Waals surface area contributed by atoms with Crippen LogP contribution in [0.25, 0.3) is 0 Å². The standard InChI is InChI=1S/C17H17ClN6O2/c1-24-10-12(8-20-24)21-17-19-9-13(18)15(23-17)22-14(16(25)26-2)11-6-4-3-5-7-11/h3-10,14H,1-2H3,(H2,19,21,22,23). The van der Waals surface area contributed by atoms with Gasteiger partial charge in [-0.05, 0) is 5.56 Å².